The number of hydrogen-bond acceptors (Lipinski definition) is 2. The lowest BCUT2D eigenvalue weighted by molar-refractivity contribution is 0.768. The predicted molar refractivity (Wildman–Crippen MR) is 458 cm³/mol. The first kappa shape index (κ1) is 61.0. The number of hydrogen-bond donors (Lipinski definition) is 0. The molecule has 0 saturated heterocycles. The van der Waals surface area contributed by atoms with Crippen molar-refractivity contribution in [2.45, 2.75) is 10.8 Å². The van der Waals surface area contributed by atoms with Gasteiger partial charge in [-0.05, 0) is 168 Å². The zero-order valence-corrected chi connectivity index (χ0v) is 59.9. The van der Waals surface area contributed by atoms with Gasteiger partial charge in [0.1, 0.15) is 0 Å². The van der Waals surface area contributed by atoms with Crippen molar-refractivity contribution in [2.75, 3.05) is 9.80 Å². The second kappa shape index (κ2) is 23.2. The molecule has 2 aliphatic carbocycles. The SMILES string of the molecule is c1ccc(C2(c3ccccc3)c3ccccc3-c3cc4c(cc32)N(c2ccccc2-n2c3ccccc3c3ccccc32)c2cc(-n3c5ccccc5c5ccccc53)cc3c2B4c2cc4c(cc2N3c2ccccc2-n2c3ccccc3c3ccccc32)C(c2ccccc2)(c2ccccc2)c2ccccc2-4)cc1. The molecule has 0 N–H and O–H groups in total. The van der Waals surface area contributed by atoms with Gasteiger partial charge in [-0.1, -0.05) is 315 Å². The molecule has 17 aromatic carbocycles. The van der Waals surface area contributed by atoms with Crippen LogP contribution < -0.4 is 26.2 Å². The Morgan fingerprint density at radius 3 is 0.800 bits per heavy atom. The molecule has 3 aromatic heterocycles. The number of anilines is 6. The van der Waals surface area contributed by atoms with E-state index < -0.39 is 10.8 Å². The maximum atomic E-state index is 2.71. The van der Waals surface area contributed by atoms with E-state index in [-0.39, 0.29) is 6.71 Å². The third-order valence-electron chi connectivity index (χ3n) is 24.9. The molecular weight excluding hydrogens is 1330 g/mol. The molecule has 0 fully saturated rings. The number of para-hydroxylation sites is 10. The molecule has 0 amide bonds. The van der Waals surface area contributed by atoms with Gasteiger partial charge in [-0.3, -0.25) is 0 Å². The molecule has 0 spiro atoms. The Bertz CT molecular complexity index is 6640. The van der Waals surface area contributed by atoms with E-state index in [1.165, 1.54) is 115 Å². The van der Waals surface area contributed by atoms with Crippen molar-refractivity contribution in [3.05, 3.63) is 445 Å². The number of aromatic nitrogens is 3. The highest BCUT2D eigenvalue weighted by Crippen LogP contribution is 2.61. The summed E-state index contributed by atoms with van der Waals surface area (Å²) in [6.45, 7) is -0.340. The van der Waals surface area contributed by atoms with Crippen molar-refractivity contribution in [2.24, 2.45) is 0 Å². The van der Waals surface area contributed by atoms with E-state index in [9.17, 15) is 0 Å². The highest BCUT2D eigenvalue weighted by Gasteiger charge is 2.53. The summed E-state index contributed by atoms with van der Waals surface area (Å²) in [6.07, 6.45) is 0. The van der Waals surface area contributed by atoms with Crippen molar-refractivity contribution in [1.29, 1.82) is 0 Å². The molecule has 24 rings (SSSR count). The fourth-order valence-electron chi connectivity index (χ4n) is 20.7. The van der Waals surface area contributed by atoms with Gasteiger partial charge in [0.15, 0.2) is 0 Å². The highest BCUT2D eigenvalue weighted by molar-refractivity contribution is 7.00. The quantitative estimate of drug-likeness (QED) is 0.134. The van der Waals surface area contributed by atoms with Crippen LogP contribution in [0.4, 0.5) is 34.1 Å². The molecule has 5 nitrogen and oxygen atoms in total. The molecule has 4 aliphatic rings. The molecule has 0 saturated carbocycles. The average Bonchev–Trinajstić information content (AvgIpc) is 1.35. The van der Waals surface area contributed by atoms with Crippen LogP contribution in [0.1, 0.15) is 44.5 Å². The van der Waals surface area contributed by atoms with Crippen molar-refractivity contribution in [1.82, 2.24) is 13.7 Å². The Labute approximate surface area is 637 Å². The number of benzene rings is 17. The second-order valence-electron chi connectivity index (χ2n) is 30.1. The van der Waals surface area contributed by atoms with Crippen molar-refractivity contribution in [3.8, 4) is 39.3 Å². The molecule has 510 valence electrons. The van der Waals surface area contributed by atoms with Crippen molar-refractivity contribution in [3.63, 3.8) is 0 Å². The van der Waals surface area contributed by atoms with Gasteiger partial charge in [-0.15, -0.1) is 0 Å². The molecule has 0 radical (unpaired) electrons. The van der Waals surface area contributed by atoms with Crippen LogP contribution in [0.15, 0.2) is 400 Å². The van der Waals surface area contributed by atoms with Gasteiger partial charge >= 0.3 is 0 Å². The van der Waals surface area contributed by atoms with Crippen molar-refractivity contribution < 1.29 is 0 Å². The molecule has 6 heteroatoms. The number of nitrogens with zero attached hydrogens (tertiary/aromatic N) is 5. The minimum atomic E-state index is -0.724. The van der Waals surface area contributed by atoms with Gasteiger partial charge in [0.2, 0.25) is 0 Å². The molecule has 0 unspecified atom stereocenters. The van der Waals surface area contributed by atoms with Crippen LogP contribution in [0.2, 0.25) is 0 Å². The van der Waals surface area contributed by atoms with Gasteiger partial charge in [0, 0.05) is 55.1 Å². The van der Waals surface area contributed by atoms with E-state index in [0.717, 1.165) is 84.3 Å². The van der Waals surface area contributed by atoms with Gasteiger partial charge in [-0.25, -0.2) is 0 Å². The molecule has 5 heterocycles. The molecule has 0 atom stereocenters. The molecule has 110 heavy (non-hydrogen) atoms. The van der Waals surface area contributed by atoms with E-state index in [4.69, 9.17) is 0 Å². The summed E-state index contributed by atoms with van der Waals surface area (Å²) in [5.41, 5.74) is 33.7. The predicted octanol–water partition coefficient (Wildman–Crippen LogP) is 23.8. The largest absolute Gasteiger partial charge is 0.309 e. The number of fused-ring (bicyclic) bond motifs is 19. The Morgan fingerprint density at radius 1 is 0.191 bits per heavy atom. The lowest BCUT2D eigenvalue weighted by atomic mass is 9.33. The minimum Gasteiger partial charge on any atom is -0.309 e. The highest BCUT2D eigenvalue weighted by atomic mass is 15.2. The summed E-state index contributed by atoms with van der Waals surface area (Å²) in [5, 5.41) is 7.24. The van der Waals surface area contributed by atoms with E-state index in [1.54, 1.807) is 0 Å². The van der Waals surface area contributed by atoms with Crippen LogP contribution in [0.5, 0.6) is 0 Å². The summed E-state index contributed by atoms with van der Waals surface area (Å²) in [6, 6.07) is 152. The third kappa shape index (κ3) is 8.10. The maximum absolute atomic E-state index is 2.71. The molecule has 0 bridgehead atoms. The molecular formula is C104H66BN5. The lowest BCUT2D eigenvalue weighted by Gasteiger charge is -2.46. The van der Waals surface area contributed by atoms with Crippen molar-refractivity contribution >= 4 is 123 Å². The zero-order valence-electron chi connectivity index (χ0n) is 59.9. The van der Waals surface area contributed by atoms with Crippen LogP contribution in [-0.4, -0.2) is 20.4 Å². The van der Waals surface area contributed by atoms with E-state index >= 15 is 0 Å². The smallest absolute Gasteiger partial charge is 0.252 e. The minimum absolute atomic E-state index is 0.340. The fraction of sp³-hybridized carbons (Fsp3) is 0.0192. The van der Waals surface area contributed by atoms with E-state index in [1.807, 2.05) is 0 Å². The summed E-state index contributed by atoms with van der Waals surface area (Å²) < 4.78 is 7.62. The summed E-state index contributed by atoms with van der Waals surface area (Å²) in [7, 11) is 0. The normalized spacial score (nSPS) is 13.9. The summed E-state index contributed by atoms with van der Waals surface area (Å²) in [4.78, 5) is 5.43. The second-order valence-corrected chi connectivity index (χ2v) is 30.1. The van der Waals surface area contributed by atoms with Crippen LogP contribution in [0.25, 0.3) is 105 Å². The topological polar surface area (TPSA) is 21.3 Å². The van der Waals surface area contributed by atoms with Gasteiger partial charge < -0.3 is 23.5 Å². The summed E-state index contributed by atoms with van der Waals surface area (Å²) >= 11 is 0. The maximum Gasteiger partial charge on any atom is 0.252 e. The van der Waals surface area contributed by atoms with Crippen LogP contribution in [-0.2, 0) is 10.8 Å². The van der Waals surface area contributed by atoms with Gasteiger partial charge in [0.25, 0.3) is 6.71 Å². The molecule has 2 aliphatic heterocycles. The summed E-state index contributed by atoms with van der Waals surface area (Å²) in [5.74, 6) is 0. The first-order valence-electron chi connectivity index (χ1n) is 38.4. The Hall–Kier alpha value is -14.2. The Balaban J connectivity index is 0.910. The van der Waals surface area contributed by atoms with E-state index in [2.05, 4.69) is 424 Å². The first-order chi connectivity index (χ1) is 54.6. The van der Waals surface area contributed by atoms with Crippen LogP contribution in [0, 0.1) is 0 Å². The Kier molecular flexibility index (Phi) is 12.8. The van der Waals surface area contributed by atoms with E-state index in [0.29, 0.717) is 0 Å². The number of rotatable bonds is 9. The van der Waals surface area contributed by atoms with Crippen LogP contribution in [0.3, 0.4) is 0 Å². The van der Waals surface area contributed by atoms with Crippen LogP contribution >= 0.6 is 0 Å². The first-order valence-corrected chi connectivity index (χ1v) is 38.4. The van der Waals surface area contributed by atoms with Gasteiger partial charge in [0.05, 0.1) is 72.4 Å². The fourth-order valence-corrected chi connectivity index (χ4v) is 20.7. The third-order valence-corrected chi connectivity index (χ3v) is 24.9. The monoisotopic (exact) mass is 1400 g/mol. The molecule has 20 aromatic rings. The Morgan fingerprint density at radius 2 is 0.464 bits per heavy atom. The van der Waals surface area contributed by atoms with Gasteiger partial charge in [-0.2, -0.15) is 0 Å². The average molecular weight is 1400 g/mol. The lowest BCUT2D eigenvalue weighted by Crippen LogP contribution is -2.61. The standard InChI is InChI=1S/C104H66BN5/c1-5-33-67(34-6-1)103(68-35-7-2-8-36-68)82-49-21-13-41-72(82)80-63-86-98(65-84(80)103)109(96-59-31-29-57-94(96)107-90-53-25-17-45-76(90)77-46-18-26-54-91(77)107)100-61-71(106-88-51-23-15-43-74(88)75-44-16-24-52-89(75)106)62-101-102(100)105(86)87-64-81-73-42-14-22-50-83(73)104(69-37-9-3-10-38-69,70-39-11-4-12-40-70)85(81)66-99(87)110(101)97-60-32-30-58-95(97)108-92-55-27-19-47-78(92)79-48-20-28-56-93(79)108/h1-66H. The zero-order chi connectivity index (χ0) is 71.9.